The fraction of sp³-hybridized carbons (Fsp3) is 0.364. The van der Waals surface area contributed by atoms with Gasteiger partial charge in [-0.15, -0.1) is 4.98 Å². The molecule has 0 spiro atoms. The van der Waals surface area contributed by atoms with E-state index in [1.54, 1.807) is 23.2 Å². The quantitative estimate of drug-likeness (QED) is 0.777. The highest BCUT2D eigenvalue weighted by molar-refractivity contribution is 6.29. The molecule has 102 valence electrons. The number of aromatic nitrogens is 3. The highest BCUT2D eigenvalue weighted by Gasteiger charge is 2.15. The summed E-state index contributed by atoms with van der Waals surface area (Å²) in [5, 5.41) is 0.384. The number of pyridine rings is 1. The van der Waals surface area contributed by atoms with Gasteiger partial charge >= 0.3 is 5.76 Å². The summed E-state index contributed by atoms with van der Waals surface area (Å²) in [4.78, 5) is 20.3. The Labute approximate surface area is 113 Å². The fourth-order valence-electron chi connectivity index (χ4n) is 1.67. The predicted molar refractivity (Wildman–Crippen MR) is 68.0 cm³/mol. The molecule has 0 aliphatic carbocycles. The average molecular weight is 287 g/mol. The Morgan fingerprint density at radius 2 is 2.32 bits per heavy atom. The van der Waals surface area contributed by atoms with Crippen LogP contribution in [0.15, 0.2) is 27.6 Å². The van der Waals surface area contributed by atoms with Gasteiger partial charge in [-0.05, 0) is 11.6 Å². The van der Waals surface area contributed by atoms with Crippen LogP contribution in [-0.2, 0) is 13.6 Å². The monoisotopic (exact) mass is 286 g/mol. The molecule has 0 aromatic carbocycles. The molecule has 8 heteroatoms. The molecule has 0 aliphatic heterocycles. The molecule has 0 saturated heterocycles. The van der Waals surface area contributed by atoms with Crippen LogP contribution in [-0.4, -0.2) is 27.9 Å². The van der Waals surface area contributed by atoms with E-state index >= 15 is 0 Å². The van der Waals surface area contributed by atoms with E-state index in [1.807, 2.05) is 0 Å². The first-order valence-corrected chi connectivity index (χ1v) is 5.93. The van der Waals surface area contributed by atoms with Gasteiger partial charge in [0.15, 0.2) is 0 Å². The Bertz CT molecular complexity index is 595. The SMILES string of the molecule is Cn1oc(=O)nc1N(CCF)Cc1ccc(Cl)nc1. The van der Waals surface area contributed by atoms with Crippen molar-refractivity contribution in [2.75, 3.05) is 18.1 Å². The van der Waals surface area contributed by atoms with Crippen LogP contribution in [0.2, 0.25) is 5.15 Å². The molecule has 0 bridgehead atoms. The van der Waals surface area contributed by atoms with Crippen LogP contribution in [0.3, 0.4) is 0 Å². The van der Waals surface area contributed by atoms with Gasteiger partial charge in [-0.25, -0.2) is 14.2 Å². The first-order valence-electron chi connectivity index (χ1n) is 5.56. The molecular weight excluding hydrogens is 275 g/mol. The summed E-state index contributed by atoms with van der Waals surface area (Å²) in [5.74, 6) is -0.437. The number of nitrogens with zero attached hydrogens (tertiary/aromatic N) is 4. The largest absolute Gasteiger partial charge is 0.461 e. The normalized spacial score (nSPS) is 10.7. The maximum absolute atomic E-state index is 12.6. The van der Waals surface area contributed by atoms with Gasteiger partial charge < -0.3 is 9.42 Å². The first-order chi connectivity index (χ1) is 9.10. The number of hydrogen-bond donors (Lipinski definition) is 0. The molecule has 0 aliphatic rings. The van der Waals surface area contributed by atoms with Crippen molar-refractivity contribution < 1.29 is 8.91 Å². The van der Waals surface area contributed by atoms with Gasteiger partial charge in [0.25, 0.3) is 0 Å². The average Bonchev–Trinajstić information content (AvgIpc) is 2.71. The summed E-state index contributed by atoms with van der Waals surface area (Å²) >= 11 is 5.70. The molecule has 0 atom stereocenters. The zero-order valence-corrected chi connectivity index (χ0v) is 11.0. The molecule has 0 N–H and O–H groups in total. The fourth-order valence-corrected chi connectivity index (χ4v) is 1.78. The summed E-state index contributed by atoms with van der Waals surface area (Å²) in [7, 11) is 1.54. The molecule has 2 rings (SSSR count). The van der Waals surface area contributed by atoms with E-state index in [9.17, 15) is 9.18 Å². The van der Waals surface area contributed by atoms with Crippen molar-refractivity contribution in [1.82, 2.24) is 14.7 Å². The topological polar surface area (TPSA) is 64.2 Å². The van der Waals surface area contributed by atoms with Gasteiger partial charge in [-0.1, -0.05) is 17.7 Å². The van der Waals surface area contributed by atoms with Crippen LogP contribution in [0.1, 0.15) is 5.56 Å². The van der Waals surface area contributed by atoms with Crippen molar-refractivity contribution in [3.63, 3.8) is 0 Å². The number of hydrogen-bond acceptors (Lipinski definition) is 5. The number of rotatable bonds is 5. The molecular formula is C11H12ClFN4O2. The second kappa shape index (κ2) is 5.83. The minimum Gasteiger partial charge on any atom is -0.333 e. The number of halogens is 2. The summed E-state index contributed by atoms with van der Waals surface area (Å²) in [5.41, 5.74) is 0.827. The van der Waals surface area contributed by atoms with Crippen molar-refractivity contribution in [3.8, 4) is 0 Å². The second-order valence-corrected chi connectivity index (χ2v) is 4.25. The van der Waals surface area contributed by atoms with E-state index in [0.29, 0.717) is 11.7 Å². The molecule has 19 heavy (non-hydrogen) atoms. The van der Waals surface area contributed by atoms with Gasteiger partial charge in [-0.2, -0.15) is 4.74 Å². The second-order valence-electron chi connectivity index (χ2n) is 3.87. The molecule has 0 radical (unpaired) electrons. The zero-order valence-electron chi connectivity index (χ0n) is 10.2. The molecule has 2 aromatic rings. The van der Waals surface area contributed by atoms with Crippen LogP contribution < -0.4 is 10.7 Å². The van der Waals surface area contributed by atoms with E-state index in [4.69, 9.17) is 16.1 Å². The number of alkyl halides is 1. The van der Waals surface area contributed by atoms with E-state index in [0.717, 1.165) is 5.56 Å². The van der Waals surface area contributed by atoms with Crippen molar-refractivity contribution in [1.29, 1.82) is 0 Å². The smallest absolute Gasteiger partial charge is 0.333 e. The standard InChI is InChI=1S/C11H12ClFN4O2/c1-16-10(15-11(18)19-16)17(5-4-13)7-8-2-3-9(12)14-6-8/h2-3,6H,4-5,7H2,1H3. The third kappa shape index (κ3) is 3.31. The van der Waals surface area contributed by atoms with E-state index in [-0.39, 0.29) is 12.5 Å². The third-order valence-electron chi connectivity index (χ3n) is 2.49. The van der Waals surface area contributed by atoms with Crippen molar-refractivity contribution in [2.24, 2.45) is 7.05 Å². The van der Waals surface area contributed by atoms with Crippen molar-refractivity contribution in [2.45, 2.75) is 6.54 Å². The summed E-state index contributed by atoms with van der Waals surface area (Å²) in [6.45, 7) is -0.113. The first kappa shape index (κ1) is 13.5. The minimum absolute atomic E-state index is 0.0996. The van der Waals surface area contributed by atoms with Crippen LogP contribution in [0.5, 0.6) is 0 Å². The summed E-state index contributed by atoms with van der Waals surface area (Å²) in [6, 6.07) is 3.42. The van der Waals surface area contributed by atoms with Gasteiger partial charge in [0.05, 0.1) is 0 Å². The van der Waals surface area contributed by atoms with E-state index in [1.165, 1.54) is 11.8 Å². The Morgan fingerprint density at radius 3 is 2.84 bits per heavy atom. The highest BCUT2D eigenvalue weighted by atomic mass is 35.5. The van der Waals surface area contributed by atoms with Crippen LogP contribution in [0.4, 0.5) is 10.3 Å². The third-order valence-corrected chi connectivity index (χ3v) is 2.71. The summed E-state index contributed by atoms with van der Waals surface area (Å²) < 4.78 is 18.6. The Hall–Kier alpha value is -1.89. The van der Waals surface area contributed by atoms with Crippen LogP contribution in [0, 0.1) is 0 Å². The Morgan fingerprint density at radius 1 is 1.53 bits per heavy atom. The van der Waals surface area contributed by atoms with Gasteiger partial charge in [0, 0.05) is 26.3 Å². The lowest BCUT2D eigenvalue weighted by Crippen LogP contribution is -2.28. The predicted octanol–water partition coefficient (Wildman–Crippen LogP) is 1.40. The van der Waals surface area contributed by atoms with Crippen LogP contribution in [0.25, 0.3) is 0 Å². The van der Waals surface area contributed by atoms with Crippen molar-refractivity contribution >= 4 is 17.5 Å². The Balaban J connectivity index is 2.23. The zero-order chi connectivity index (χ0) is 13.8. The number of aryl methyl sites for hydroxylation is 1. The minimum atomic E-state index is -0.712. The maximum Gasteiger partial charge on any atom is 0.461 e. The van der Waals surface area contributed by atoms with E-state index in [2.05, 4.69) is 9.97 Å². The highest BCUT2D eigenvalue weighted by Crippen LogP contribution is 2.13. The molecule has 0 amide bonds. The van der Waals surface area contributed by atoms with Gasteiger partial charge in [-0.3, -0.25) is 0 Å². The maximum atomic E-state index is 12.6. The lowest BCUT2D eigenvalue weighted by molar-refractivity contribution is 0.283. The van der Waals surface area contributed by atoms with Crippen LogP contribution >= 0.6 is 11.6 Å². The number of anilines is 1. The lowest BCUT2D eigenvalue weighted by Gasteiger charge is -2.20. The van der Waals surface area contributed by atoms with Gasteiger partial charge in [0.2, 0.25) is 5.95 Å². The summed E-state index contributed by atoms with van der Waals surface area (Å²) in [6.07, 6.45) is 1.59. The molecule has 0 fully saturated rings. The molecule has 2 aromatic heterocycles. The molecule has 2 heterocycles. The molecule has 0 unspecified atom stereocenters. The lowest BCUT2D eigenvalue weighted by atomic mass is 10.2. The molecule has 0 saturated carbocycles. The Kier molecular flexibility index (Phi) is 4.16. The molecule has 6 nitrogen and oxygen atoms in total. The van der Waals surface area contributed by atoms with Gasteiger partial charge in [0.1, 0.15) is 11.8 Å². The van der Waals surface area contributed by atoms with Crippen molar-refractivity contribution in [3.05, 3.63) is 39.6 Å². The van der Waals surface area contributed by atoms with E-state index < -0.39 is 12.4 Å².